The Morgan fingerprint density at radius 1 is 1.29 bits per heavy atom. The molecule has 1 aromatic carbocycles. The number of aromatic nitrogens is 1. The van der Waals surface area contributed by atoms with E-state index in [1.807, 2.05) is 23.7 Å². The molecule has 1 fully saturated rings. The van der Waals surface area contributed by atoms with Crippen LogP contribution in [0.5, 0.6) is 11.5 Å². The third-order valence-electron chi connectivity index (χ3n) is 4.70. The van der Waals surface area contributed by atoms with Crippen LogP contribution in [0.4, 0.5) is 5.13 Å². The van der Waals surface area contributed by atoms with Crippen molar-refractivity contribution in [1.29, 1.82) is 0 Å². The van der Waals surface area contributed by atoms with Crippen molar-refractivity contribution in [3.05, 3.63) is 47.5 Å². The zero-order valence-corrected chi connectivity index (χ0v) is 17.2. The summed E-state index contributed by atoms with van der Waals surface area (Å²) in [7, 11) is 3.28. The summed E-state index contributed by atoms with van der Waals surface area (Å²) in [6.45, 7) is 7.76. The number of thiazole rings is 1. The molecule has 1 aliphatic rings. The number of ether oxygens (including phenoxy) is 2. The highest BCUT2D eigenvalue weighted by atomic mass is 32.1. The molecule has 1 aromatic heterocycles. The third-order valence-corrected chi connectivity index (χ3v) is 5.53. The molecule has 0 unspecified atom stereocenters. The number of piperazine rings is 1. The molecule has 0 aliphatic carbocycles. The van der Waals surface area contributed by atoms with E-state index in [1.165, 1.54) is 0 Å². The van der Waals surface area contributed by atoms with Gasteiger partial charge in [-0.15, -0.1) is 17.9 Å². The third kappa shape index (κ3) is 4.56. The van der Waals surface area contributed by atoms with Crippen molar-refractivity contribution < 1.29 is 9.47 Å². The topological polar surface area (TPSA) is 76.2 Å². The van der Waals surface area contributed by atoms with Gasteiger partial charge in [-0.25, -0.2) is 9.98 Å². The van der Waals surface area contributed by atoms with E-state index >= 15 is 0 Å². The maximum atomic E-state index is 6.26. The molecule has 0 saturated carbocycles. The Kier molecular flexibility index (Phi) is 6.76. The number of hydrogen-bond donors (Lipinski definition) is 1. The van der Waals surface area contributed by atoms with Gasteiger partial charge < -0.3 is 25.0 Å². The molecule has 0 radical (unpaired) electrons. The van der Waals surface area contributed by atoms with Gasteiger partial charge in [-0.2, -0.15) is 0 Å². The van der Waals surface area contributed by atoms with E-state index in [2.05, 4.69) is 32.4 Å². The van der Waals surface area contributed by atoms with Gasteiger partial charge in [-0.1, -0.05) is 6.08 Å². The largest absolute Gasteiger partial charge is 0.493 e. The van der Waals surface area contributed by atoms with Crippen molar-refractivity contribution in [2.45, 2.75) is 13.0 Å². The standard InChI is InChI=1S/C20H27N5O2S/c1-4-5-16-12-15(13-17(26-2)18(16)27-3)14-23-19(21)24-7-9-25(10-8-24)20-22-6-11-28-20/h4,6,11-13H,1,5,7-10,14H2,2-3H3,(H2,21,23). The molecule has 150 valence electrons. The predicted octanol–water partition coefficient (Wildman–Crippen LogP) is 2.53. The summed E-state index contributed by atoms with van der Waals surface area (Å²) < 4.78 is 11.0. The molecule has 7 nitrogen and oxygen atoms in total. The molecule has 3 rings (SSSR count). The summed E-state index contributed by atoms with van der Waals surface area (Å²) in [5, 5.41) is 3.07. The molecule has 0 spiro atoms. The summed E-state index contributed by atoms with van der Waals surface area (Å²) in [6.07, 6.45) is 4.39. The average Bonchev–Trinajstić information content (AvgIpc) is 3.27. The lowest BCUT2D eigenvalue weighted by molar-refractivity contribution is 0.352. The quantitative estimate of drug-likeness (QED) is 0.436. The minimum atomic E-state index is 0.489. The van der Waals surface area contributed by atoms with Crippen LogP contribution in [0.1, 0.15) is 11.1 Å². The van der Waals surface area contributed by atoms with Crippen LogP contribution < -0.4 is 20.1 Å². The van der Waals surface area contributed by atoms with Crippen LogP contribution in [0.15, 0.2) is 41.4 Å². The highest BCUT2D eigenvalue weighted by Gasteiger charge is 2.20. The highest BCUT2D eigenvalue weighted by molar-refractivity contribution is 7.13. The second-order valence-electron chi connectivity index (χ2n) is 6.45. The lowest BCUT2D eigenvalue weighted by atomic mass is 10.1. The van der Waals surface area contributed by atoms with E-state index in [4.69, 9.17) is 15.2 Å². The summed E-state index contributed by atoms with van der Waals surface area (Å²) >= 11 is 1.66. The van der Waals surface area contributed by atoms with Crippen molar-refractivity contribution in [2.24, 2.45) is 10.7 Å². The number of anilines is 1. The van der Waals surface area contributed by atoms with Gasteiger partial charge in [0.05, 0.1) is 20.8 Å². The molecule has 1 aliphatic heterocycles. The molecule has 28 heavy (non-hydrogen) atoms. The molecule has 0 amide bonds. The van der Waals surface area contributed by atoms with Crippen LogP contribution in [-0.4, -0.2) is 56.2 Å². The predicted molar refractivity (Wildman–Crippen MR) is 115 cm³/mol. The lowest BCUT2D eigenvalue weighted by Crippen LogP contribution is -2.51. The second kappa shape index (κ2) is 9.45. The summed E-state index contributed by atoms with van der Waals surface area (Å²) in [4.78, 5) is 13.4. The fraction of sp³-hybridized carbons (Fsp3) is 0.400. The lowest BCUT2D eigenvalue weighted by Gasteiger charge is -2.35. The fourth-order valence-electron chi connectivity index (χ4n) is 3.28. The van der Waals surface area contributed by atoms with Crippen molar-refractivity contribution in [1.82, 2.24) is 9.88 Å². The van der Waals surface area contributed by atoms with Gasteiger partial charge in [0.1, 0.15) is 0 Å². The van der Waals surface area contributed by atoms with Gasteiger partial charge in [0.2, 0.25) is 0 Å². The molecule has 1 saturated heterocycles. The first-order valence-electron chi connectivity index (χ1n) is 9.20. The van der Waals surface area contributed by atoms with Crippen molar-refractivity contribution in [3.8, 4) is 11.5 Å². The molecular weight excluding hydrogens is 374 g/mol. The van der Waals surface area contributed by atoms with E-state index in [9.17, 15) is 0 Å². The van der Waals surface area contributed by atoms with Gasteiger partial charge in [-0.3, -0.25) is 0 Å². The van der Waals surface area contributed by atoms with E-state index in [-0.39, 0.29) is 0 Å². The second-order valence-corrected chi connectivity index (χ2v) is 7.32. The van der Waals surface area contributed by atoms with Gasteiger partial charge in [0, 0.05) is 43.3 Å². The van der Waals surface area contributed by atoms with Crippen molar-refractivity contribution >= 4 is 22.4 Å². The number of nitrogens with two attached hydrogens (primary N) is 1. The van der Waals surface area contributed by atoms with Gasteiger partial charge in [0.25, 0.3) is 0 Å². The number of hydrogen-bond acceptors (Lipinski definition) is 6. The van der Waals surface area contributed by atoms with Crippen LogP contribution in [0.25, 0.3) is 0 Å². The smallest absolute Gasteiger partial charge is 0.191 e. The first-order valence-corrected chi connectivity index (χ1v) is 10.1. The Morgan fingerprint density at radius 2 is 2.07 bits per heavy atom. The first kappa shape index (κ1) is 20.0. The number of allylic oxidation sites excluding steroid dienone is 1. The zero-order valence-electron chi connectivity index (χ0n) is 16.4. The number of benzene rings is 1. The fourth-order valence-corrected chi connectivity index (χ4v) is 3.97. The Morgan fingerprint density at radius 3 is 2.68 bits per heavy atom. The molecule has 8 heteroatoms. The summed E-state index contributed by atoms with van der Waals surface area (Å²) in [5.41, 5.74) is 8.31. The van der Waals surface area contributed by atoms with Crippen LogP contribution in [0.3, 0.4) is 0 Å². The molecular formula is C20H27N5O2S. The monoisotopic (exact) mass is 401 g/mol. The molecule has 2 aromatic rings. The Hall–Kier alpha value is -2.74. The normalized spacial score (nSPS) is 14.9. The zero-order chi connectivity index (χ0) is 19.9. The van der Waals surface area contributed by atoms with E-state index < -0.39 is 0 Å². The highest BCUT2D eigenvalue weighted by Crippen LogP contribution is 2.33. The number of aliphatic imine (C=N–C) groups is 1. The van der Waals surface area contributed by atoms with Gasteiger partial charge in [-0.05, 0) is 24.1 Å². The molecule has 2 N–H and O–H groups in total. The number of rotatable bonds is 7. The Bertz CT molecular complexity index is 814. The Balaban J connectivity index is 1.66. The number of nitrogens with zero attached hydrogens (tertiary/aromatic N) is 4. The molecule has 0 atom stereocenters. The SMILES string of the molecule is C=CCc1cc(CN=C(N)N2CCN(c3nccs3)CC2)cc(OC)c1OC. The van der Waals surface area contributed by atoms with Crippen molar-refractivity contribution in [3.63, 3.8) is 0 Å². The van der Waals surface area contributed by atoms with E-state index in [0.29, 0.717) is 24.7 Å². The van der Waals surface area contributed by atoms with Crippen LogP contribution in [0, 0.1) is 0 Å². The van der Waals surface area contributed by atoms with Gasteiger partial charge >= 0.3 is 0 Å². The average molecular weight is 402 g/mol. The van der Waals surface area contributed by atoms with E-state index in [1.54, 1.807) is 25.6 Å². The maximum absolute atomic E-state index is 6.26. The molecule has 0 bridgehead atoms. The Labute approximate surface area is 170 Å². The van der Waals surface area contributed by atoms with Crippen LogP contribution >= 0.6 is 11.3 Å². The van der Waals surface area contributed by atoms with Crippen LogP contribution in [-0.2, 0) is 13.0 Å². The first-order chi connectivity index (χ1) is 13.7. The maximum Gasteiger partial charge on any atom is 0.191 e. The molecule has 2 heterocycles. The number of guanidine groups is 1. The van der Waals surface area contributed by atoms with Crippen LogP contribution in [0.2, 0.25) is 0 Å². The minimum Gasteiger partial charge on any atom is -0.493 e. The summed E-state index contributed by atoms with van der Waals surface area (Å²) in [6, 6.07) is 4.02. The van der Waals surface area contributed by atoms with Gasteiger partial charge in [0.15, 0.2) is 22.6 Å². The minimum absolute atomic E-state index is 0.489. The van der Waals surface area contributed by atoms with Crippen molar-refractivity contribution in [2.75, 3.05) is 45.3 Å². The van der Waals surface area contributed by atoms with E-state index in [0.717, 1.165) is 48.2 Å². The number of methoxy groups -OCH3 is 2. The summed E-state index contributed by atoms with van der Waals surface area (Å²) in [5.74, 6) is 2.00.